The Bertz CT molecular complexity index is 770. The van der Waals surface area contributed by atoms with Gasteiger partial charge in [0.25, 0.3) is 0 Å². The highest BCUT2D eigenvalue weighted by Crippen LogP contribution is 2.08. The highest BCUT2D eigenvalue weighted by atomic mass is 16.5. The number of nitrogens with one attached hydrogen (secondary N) is 4. The van der Waals surface area contributed by atoms with E-state index < -0.39 is 6.09 Å². The standard InChI is InChI=1S/C19H26N6O3/c1-3-20-16-11-14(2)24-18(25-16)22-10-9-21-17(26)12-23-19(27)28-13-15-7-5-4-6-8-15/h4-8,11H,3,9-10,12-13H2,1-2H3,(H,21,26)(H,23,27)(H2,20,22,24,25). The highest BCUT2D eigenvalue weighted by molar-refractivity contribution is 5.82. The molecule has 1 heterocycles. The van der Waals surface area contributed by atoms with Gasteiger partial charge in [-0.15, -0.1) is 0 Å². The van der Waals surface area contributed by atoms with Gasteiger partial charge in [-0.1, -0.05) is 30.3 Å². The Hall–Kier alpha value is -3.36. The minimum atomic E-state index is -0.638. The predicted molar refractivity (Wildman–Crippen MR) is 107 cm³/mol. The summed E-state index contributed by atoms with van der Waals surface area (Å²) >= 11 is 0. The second-order valence-corrected chi connectivity index (χ2v) is 5.94. The van der Waals surface area contributed by atoms with Gasteiger partial charge in [0.15, 0.2) is 0 Å². The van der Waals surface area contributed by atoms with Crippen LogP contribution in [0.25, 0.3) is 0 Å². The van der Waals surface area contributed by atoms with Gasteiger partial charge in [0.2, 0.25) is 11.9 Å². The van der Waals surface area contributed by atoms with E-state index in [2.05, 4.69) is 31.2 Å². The number of alkyl carbamates (subject to hydrolysis) is 1. The van der Waals surface area contributed by atoms with Crippen molar-refractivity contribution >= 4 is 23.8 Å². The van der Waals surface area contributed by atoms with Crippen LogP contribution in [-0.4, -0.2) is 48.1 Å². The number of carbonyl (C=O) groups excluding carboxylic acids is 2. The van der Waals surface area contributed by atoms with E-state index in [0.29, 0.717) is 19.0 Å². The van der Waals surface area contributed by atoms with E-state index in [0.717, 1.165) is 23.6 Å². The number of ether oxygens (including phenoxy) is 1. The molecular weight excluding hydrogens is 360 g/mol. The maximum absolute atomic E-state index is 11.8. The van der Waals surface area contributed by atoms with Crippen molar-refractivity contribution in [1.82, 2.24) is 20.6 Å². The zero-order chi connectivity index (χ0) is 20.2. The summed E-state index contributed by atoms with van der Waals surface area (Å²) in [5.74, 6) is 0.935. The lowest BCUT2D eigenvalue weighted by Gasteiger charge is -2.10. The molecule has 1 aromatic heterocycles. The number of aryl methyl sites for hydroxylation is 1. The molecule has 4 N–H and O–H groups in total. The monoisotopic (exact) mass is 386 g/mol. The second kappa shape index (κ2) is 11.4. The summed E-state index contributed by atoms with van der Waals surface area (Å²) in [6.07, 6.45) is -0.638. The molecule has 2 rings (SSSR count). The zero-order valence-electron chi connectivity index (χ0n) is 16.1. The number of rotatable bonds is 10. The molecule has 9 heteroatoms. The SMILES string of the molecule is CCNc1cc(C)nc(NCCNC(=O)CNC(=O)OCc2ccccc2)n1. The summed E-state index contributed by atoms with van der Waals surface area (Å²) in [5.41, 5.74) is 1.72. The summed E-state index contributed by atoms with van der Waals surface area (Å²) < 4.78 is 5.04. The molecule has 0 unspecified atom stereocenters. The van der Waals surface area contributed by atoms with Crippen LogP contribution in [0.2, 0.25) is 0 Å². The smallest absolute Gasteiger partial charge is 0.407 e. The van der Waals surface area contributed by atoms with Gasteiger partial charge >= 0.3 is 6.09 Å². The number of hydrogen-bond acceptors (Lipinski definition) is 7. The van der Waals surface area contributed by atoms with Gasteiger partial charge in [-0.05, 0) is 19.4 Å². The van der Waals surface area contributed by atoms with Crippen LogP contribution in [0.1, 0.15) is 18.2 Å². The third kappa shape index (κ3) is 7.90. The number of anilines is 2. The van der Waals surface area contributed by atoms with Crippen molar-refractivity contribution in [3.8, 4) is 0 Å². The van der Waals surface area contributed by atoms with Crippen molar-refractivity contribution < 1.29 is 14.3 Å². The van der Waals surface area contributed by atoms with Crippen molar-refractivity contribution in [1.29, 1.82) is 0 Å². The van der Waals surface area contributed by atoms with E-state index in [9.17, 15) is 9.59 Å². The molecule has 0 fully saturated rings. The van der Waals surface area contributed by atoms with E-state index in [-0.39, 0.29) is 19.1 Å². The molecule has 0 atom stereocenters. The van der Waals surface area contributed by atoms with Crippen LogP contribution in [0.3, 0.4) is 0 Å². The molecule has 2 amide bonds. The minimum absolute atomic E-state index is 0.154. The Morgan fingerprint density at radius 3 is 2.57 bits per heavy atom. The van der Waals surface area contributed by atoms with Crippen molar-refractivity contribution in [3.63, 3.8) is 0 Å². The van der Waals surface area contributed by atoms with Gasteiger partial charge in [-0.2, -0.15) is 4.98 Å². The molecule has 150 valence electrons. The quantitative estimate of drug-likeness (QED) is 0.459. The van der Waals surface area contributed by atoms with Gasteiger partial charge in [-0.3, -0.25) is 4.79 Å². The molecule has 9 nitrogen and oxygen atoms in total. The van der Waals surface area contributed by atoms with Crippen molar-refractivity contribution in [2.45, 2.75) is 20.5 Å². The Labute approximate surface area is 164 Å². The zero-order valence-corrected chi connectivity index (χ0v) is 16.1. The van der Waals surface area contributed by atoms with Crippen LogP contribution in [-0.2, 0) is 16.1 Å². The first-order valence-corrected chi connectivity index (χ1v) is 9.11. The first kappa shape index (κ1) is 20.9. The molecule has 0 bridgehead atoms. The van der Waals surface area contributed by atoms with Gasteiger partial charge in [-0.25, -0.2) is 9.78 Å². The van der Waals surface area contributed by atoms with Crippen LogP contribution < -0.4 is 21.3 Å². The van der Waals surface area contributed by atoms with E-state index in [1.807, 2.05) is 50.2 Å². The highest BCUT2D eigenvalue weighted by Gasteiger charge is 2.06. The fourth-order valence-corrected chi connectivity index (χ4v) is 2.28. The molecule has 0 aliphatic heterocycles. The second-order valence-electron chi connectivity index (χ2n) is 5.94. The molecular formula is C19H26N6O3. The molecule has 0 spiro atoms. The molecule has 2 aromatic rings. The number of amides is 2. The van der Waals surface area contributed by atoms with E-state index >= 15 is 0 Å². The fourth-order valence-electron chi connectivity index (χ4n) is 2.28. The maximum atomic E-state index is 11.8. The normalized spacial score (nSPS) is 10.1. The number of benzene rings is 1. The van der Waals surface area contributed by atoms with E-state index in [4.69, 9.17) is 4.74 Å². The lowest BCUT2D eigenvalue weighted by Crippen LogP contribution is -2.38. The fraction of sp³-hybridized carbons (Fsp3) is 0.368. The molecule has 28 heavy (non-hydrogen) atoms. The average Bonchev–Trinajstić information content (AvgIpc) is 2.69. The minimum Gasteiger partial charge on any atom is -0.445 e. The number of aromatic nitrogens is 2. The van der Waals surface area contributed by atoms with Crippen LogP contribution >= 0.6 is 0 Å². The Morgan fingerprint density at radius 1 is 1.04 bits per heavy atom. The van der Waals surface area contributed by atoms with Gasteiger partial charge in [0, 0.05) is 31.4 Å². The van der Waals surface area contributed by atoms with E-state index in [1.165, 1.54) is 0 Å². The third-order valence-electron chi connectivity index (χ3n) is 3.55. The average molecular weight is 386 g/mol. The summed E-state index contributed by atoms with van der Waals surface area (Å²) in [6, 6.07) is 11.2. The predicted octanol–water partition coefficient (Wildman–Crippen LogP) is 1.67. The van der Waals surface area contributed by atoms with E-state index in [1.54, 1.807) is 0 Å². The van der Waals surface area contributed by atoms with Crippen molar-refractivity contribution in [2.24, 2.45) is 0 Å². The molecule has 0 saturated carbocycles. The third-order valence-corrected chi connectivity index (χ3v) is 3.55. The van der Waals surface area contributed by atoms with Crippen molar-refractivity contribution in [3.05, 3.63) is 47.7 Å². The molecule has 0 radical (unpaired) electrons. The van der Waals surface area contributed by atoms with Gasteiger partial charge in [0.1, 0.15) is 12.4 Å². The molecule has 0 aliphatic rings. The molecule has 0 saturated heterocycles. The van der Waals surface area contributed by atoms with Crippen LogP contribution in [0.5, 0.6) is 0 Å². The first-order chi connectivity index (χ1) is 13.6. The van der Waals surface area contributed by atoms with Crippen LogP contribution in [0.4, 0.5) is 16.6 Å². The number of hydrogen-bond donors (Lipinski definition) is 4. The van der Waals surface area contributed by atoms with Crippen LogP contribution in [0.15, 0.2) is 36.4 Å². The topological polar surface area (TPSA) is 117 Å². The Morgan fingerprint density at radius 2 is 1.82 bits per heavy atom. The Kier molecular flexibility index (Phi) is 8.51. The number of nitrogens with zero attached hydrogens (tertiary/aromatic N) is 2. The maximum Gasteiger partial charge on any atom is 0.407 e. The van der Waals surface area contributed by atoms with Gasteiger partial charge in [0.05, 0.1) is 6.54 Å². The summed E-state index contributed by atoms with van der Waals surface area (Å²) in [5, 5.41) is 11.3. The van der Waals surface area contributed by atoms with Gasteiger partial charge < -0.3 is 26.0 Å². The van der Waals surface area contributed by atoms with Crippen molar-refractivity contribution in [2.75, 3.05) is 36.8 Å². The molecule has 0 aliphatic carbocycles. The molecule has 1 aromatic carbocycles. The van der Waals surface area contributed by atoms with Crippen LogP contribution in [0, 0.1) is 6.92 Å². The summed E-state index contributed by atoms with van der Waals surface area (Å²) in [6.45, 7) is 5.48. The number of carbonyl (C=O) groups is 2. The summed E-state index contributed by atoms with van der Waals surface area (Å²) in [4.78, 5) is 32.0. The first-order valence-electron chi connectivity index (χ1n) is 9.11. The summed E-state index contributed by atoms with van der Waals surface area (Å²) in [7, 11) is 0. The lowest BCUT2D eigenvalue weighted by molar-refractivity contribution is -0.120. The Balaban J connectivity index is 1.60. The lowest BCUT2D eigenvalue weighted by atomic mass is 10.2. The largest absolute Gasteiger partial charge is 0.445 e.